The molecule has 23 heavy (non-hydrogen) atoms. The van der Waals surface area contributed by atoms with Gasteiger partial charge in [0.15, 0.2) is 5.60 Å². The van der Waals surface area contributed by atoms with Gasteiger partial charge in [-0.05, 0) is 19.1 Å². The number of carboxylic acid groups (broad SMARTS) is 1. The summed E-state index contributed by atoms with van der Waals surface area (Å²) in [4.78, 5) is 25.4. The molecule has 0 saturated carbocycles. The van der Waals surface area contributed by atoms with Gasteiger partial charge in [0.25, 0.3) is 0 Å². The van der Waals surface area contributed by atoms with Crippen molar-refractivity contribution in [3.05, 3.63) is 29.1 Å². The molecule has 0 aliphatic carbocycles. The van der Waals surface area contributed by atoms with Crippen molar-refractivity contribution < 1.29 is 37.3 Å². The number of carbonyl (C=O) groups is 2. The lowest BCUT2D eigenvalue weighted by Gasteiger charge is -2.20. The van der Waals surface area contributed by atoms with Crippen molar-refractivity contribution in [1.82, 2.24) is 10.3 Å². The summed E-state index contributed by atoms with van der Waals surface area (Å²) in [7, 11) is 0. The first-order valence-corrected chi connectivity index (χ1v) is 6.46. The van der Waals surface area contributed by atoms with E-state index in [0.29, 0.717) is 6.07 Å². The van der Waals surface area contributed by atoms with Crippen molar-refractivity contribution in [3.63, 3.8) is 0 Å². The average molecular weight is 334 g/mol. The second kappa shape index (κ2) is 6.03. The van der Waals surface area contributed by atoms with Crippen molar-refractivity contribution >= 4 is 12.1 Å². The molecule has 126 valence electrons. The van der Waals surface area contributed by atoms with Crippen LogP contribution in [-0.4, -0.2) is 40.9 Å². The van der Waals surface area contributed by atoms with E-state index in [4.69, 9.17) is 14.6 Å². The van der Waals surface area contributed by atoms with Crippen LogP contribution in [0, 0.1) is 0 Å². The minimum absolute atomic E-state index is 0.122. The maximum atomic E-state index is 12.7. The Hall–Kier alpha value is -2.36. The molecule has 2 rings (SSSR count). The van der Waals surface area contributed by atoms with Gasteiger partial charge < -0.3 is 19.9 Å². The molecule has 1 aliphatic heterocycles. The summed E-state index contributed by atoms with van der Waals surface area (Å²) in [5, 5.41) is 11.4. The summed E-state index contributed by atoms with van der Waals surface area (Å²) >= 11 is 0. The number of alkyl halides is 3. The smallest absolute Gasteiger partial charge is 0.433 e. The van der Waals surface area contributed by atoms with Gasteiger partial charge in [0.2, 0.25) is 0 Å². The Bertz CT molecular complexity index is 635. The van der Waals surface area contributed by atoms with Crippen LogP contribution in [0.3, 0.4) is 0 Å². The molecule has 7 nitrogen and oxygen atoms in total. The monoisotopic (exact) mass is 334 g/mol. The Morgan fingerprint density at radius 3 is 2.74 bits per heavy atom. The summed E-state index contributed by atoms with van der Waals surface area (Å²) in [5.41, 5.74) is -2.92. The van der Waals surface area contributed by atoms with Crippen molar-refractivity contribution in [1.29, 1.82) is 0 Å². The number of nitrogens with one attached hydrogen (secondary N) is 1. The van der Waals surface area contributed by atoms with Crippen molar-refractivity contribution in [2.75, 3.05) is 13.2 Å². The molecular weight excluding hydrogens is 321 g/mol. The second-order valence-corrected chi connectivity index (χ2v) is 5.18. The summed E-state index contributed by atoms with van der Waals surface area (Å²) in [5.74, 6) is -1.41. The highest BCUT2D eigenvalue weighted by Crippen LogP contribution is 2.28. The van der Waals surface area contributed by atoms with Crippen molar-refractivity contribution in [2.45, 2.75) is 25.3 Å². The van der Waals surface area contributed by atoms with Crippen LogP contribution in [0.5, 0.6) is 0 Å². The number of cyclic esters (lactones) is 1. The Balaban J connectivity index is 2.11. The predicted octanol–water partition coefficient (Wildman–Crippen LogP) is 1.81. The number of amides is 1. The molecule has 1 aliphatic rings. The summed E-state index contributed by atoms with van der Waals surface area (Å²) in [6.07, 6.45) is -5.32. The SMILES string of the molecule is CC1(COCc2nc(C(F)(F)F)ccc2C(=O)O)CNC(=O)O1. The van der Waals surface area contributed by atoms with Crippen LogP contribution < -0.4 is 5.32 Å². The summed E-state index contributed by atoms with van der Waals surface area (Å²) < 4.78 is 48.1. The molecule has 0 radical (unpaired) electrons. The van der Waals surface area contributed by atoms with Gasteiger partial charge in [-0.3, -0.25) is 0 Å². The topological polar surface area (TPSA) is 97.8 Å². The fourth-order valence-corrected chi connectivity index (χ4v) is 1.96. The molecule has 1 saturated heterocycles. The number of nitrogens with zero attached hydrogens (tertiary/aromatic N) is 1. The Morgan fingerprint density at radius 1 is 1.52 bits per heavy atom. The molecule has 1 aromatic heterocycles. The third-order valence-corrected chi connectivity index (χ3v) is 3.09. The predicted molar refractivity (Wildman–Crippen MR) is 68.7 cm³/mol. The lowest BCUT2D eigenvalue weighted by molar-refractivity contribution is -0.141. The molecule has 2 heterocycles. The number of aromatic carboxylic acids is 1. The fourth-order valence-electron chi connectivity index (χ4n) is 1.96. The Labute approximate surface area is 128 Å². The van der Waals surface area contributed by atoms with Gasteiger partial charge in [0, 0.05) is 0 Å². The van der Waals surface area contributed by atoms with Gasteiger partial charge in [0.05, 0.1) is 31.0 Å². The van der Waals surface area contributed by atoms with Gasteiger partial charge in [-0.15, -0.1) is 0 Å². The van der Waals surface area contributed by atoms with Crippen LogP contribution in [0.15, 0.2) is 12.1 Å². The Kier molecular flexibility index (Phi) is 4.46. The number of hydrogen-bond donors (Lipinski definition) is 2. The van der Waals surface area contributed by atoms with E-state index in [-0.39, 0.29) is 24.4 Å². The fraction of sp³-hybridized carbons (Fsp3) is 0.462. The maximum Gasteiger partial charge on any atom is 0.433 e. The standard InChI is InChI=1S/C13H13F3N2O5/c1-12(5-17-11(21)23-12)6-22-4-8-7(10(19)20)2-3-9(18-8)13(14,15)16/h2-3H,4-6H2,1H3,(H,17,21)(H,19,20). The van der Waals surface area contributed by atoms with Crippen LogP contribution in [0.25, 0.3) is 0 Å². The van der Waals surface area contributed by atoms with E-state index in [2.05, 4.69) is 10.3 Å². The number of hydrogen-bond acceptors (Lipinski definition) is 5. The molecule has 0 spiro atoms. The van der Waals surface area contributed by atoms with E-state index in [1.807, 2.05) is 0 Å². The molecule has 0 bridgehead atoms. The highest BCUT2D eigenvalue weighted by Gasteiger charge is 2.36. The number of rotatable bonds is 5. The Morgan fingerprint density at radius 2 is 2.22 bits per heavy atom. The quantitative estimate of drug-likeness (QED) is 0.852. The second-order valence-electron chi connectivity index (χ2n) is 5.18. The first-order chi connectivity index (χ1) is 10.6. The van der Waals surface area contributed by atoms with Crippen LogP contribution in [0.1, 0.15) is 28.7 Å². The van der Waals surface area contributed by atoms with E-state index < -0.39 is 36.1 Å². The number of halogens is 3. The van der Waals surface area contributed by atoms with E-state index >= 15 is 0 Å². The minimum atomic E-state index is -4.69. The lowest BCUT2D eigenvalue weighted by Crippen LogP contribution is -2.35. The maximum absolute atomic E-state index is 12.7. The molecule has 1 amide bonds. The third-order valence-electron chi connectivity index (χ3n) is 3.09. The zero-order valence-electron chi connectivity index (χ0n) is 11.9. The van der Waals surface area contributed by atoms with E-state index in [0.717, 1.165) is 6.07 Å². The minimum Gasteiger partial charge on any atom is -0.478 e. The van der Waals surface area contributed by atoms with Crippen LogP contribution in [0.2, 0.25) is 0 Å². The van der Waals surface area contributed by atoms with Crippen LogP contribution in [-0.2, 0) is 22.3 Å². The molecule has 0 aromatic carbocycles. The zero-order chi connectivity index (χ0) is 17.3. The van der Waals surface area contributed by atoms with Gasteiger partial charge in [-0.25, -0.2) is 14.6 Å². The molecular formula is C13H13F3N2O5. The zero-order valence-corrected chi connectivity index (χ0v) is 11.9. The van der Waals surface area contributed by atoms with Gasteiger partial charge in [-0.2, -0.15) is 13.2 Å². The molecule has 1 aromatic rings. The third kappa shape index (κ3) is 4.09. The number of aromatic nitrogens is 1. The van der Waals surface area contributed by atoms with Crippen LogP contribution in [0.4, 0.5) is 18.0 Å². The summed E-state index contributed by atoms with van der Waals surface area (Å²) in [6.45, 7) is 1.16. The van der Waals surface area contributed by atoms with Crippen LogP contribution >= 0.6 is 0 Å². The highest BCUT2D eigenvalue weighted by atomic mass is 19.4. The lowest BCUT2D eigenvalue weighted by atomic mass is 10.1. The molecule has 2 N–H and O–H groups in total. The number of carbonyl (C=O) groups excluding carboxylic acids is 1. The number of carboxylic acids is 1. The van der Waals surface area contributed by atoms with Crippen molar-refractivity contribution in [2.24, 2.45) is 0 Å². The van der Waals surface area contributed by atoms with Crippen molar-refractivity contribution in [3.8, 4) is 0 Å². The molecule has 1 fully saturated rings. The van der Waals surface area contributed by atoms with Gasteiger partial charge in [-0.1, -0.05) is 0 Å². The van der Waals surface area contributed by atoms with E-state index in [1.54, 1.807) is 6.92 Å². The number of alkyl carbamates (subject to hydrolysis) is 1. The normalized spacial score (nSPS) is 21.0. The molecule has 10 heteroatoms. The van der Waals surface area contributed by atoms with E-state index in [1.165, 1.54) is 0 Å². The first kappa shape index (κ1) is 17.0. The van der Waals surface area contributed by atoms with Gasteiger partial charge >= 0.3 is 18.2 Å². The number of pyridine rings is 1. The number of ether oxygens (including phenoxy) is 2. The first-order valence-electron chi connectivity index (χ1n) is 6.46. The van der Waals surface area contributed by atoms with E-state index in [9.17, 15) is 22.8 Å². The highest BCUT2D eigenvalue weighted by molar-refractivity contribution is 5.88. The summed E-state index contributed by atoms with van der Waals surface area (Å²) in [6, 6.07) is 1.42. The van der Waals surface area contributed by atoms with Gasteiger partial charge in [0.1, 0.15) is 5.69 Å². The molecule has 1 atom stereocenters. The average Bonchev–Trinajstić information content (AvgIpc) is 2.77. The molecule has 1 unspecified atom stereocenters. The largest absolute Gasteiger partial charge is 0.478 e.